The first-order chi connectivity index (χ1) is 7.03. The third kappa shape index (κ3) is 2.37. The molecule has 4 nitrogen and oxygen atoms in total. The molecule has 1 rings (SSSR count). The topological polar surface area (TPSA) is 56.1 Å². The summed E-state index contributed by atoms with van der Waals surface area (Å²) in [4.78, 5) is 13.8. The highest BCUT2D eigenvalue weighted by Crippen LogP contribution is 2.20. The van der Waals surface area contributed by atoms with Gasteiger partial charge in [-0.3, -0.25) is 4.79 Å². The fourth-order valence-corrected chi connectivity index (χ4v) is 1.76. The maximum atomic E-state index is 12.0. The van der Waals surface area contributed by atoms with E-state index in [1.54, 1.807) is 11.0 Å². The van der Waals surface area contributed by atoms with Crippen LogP contribution >= 0.6 is 0 Å². The highest BCUT2D eigenvalue weighted by molar-refractivity contribution is 5.84. The fourth-order valence-electron chi connectivity index (χ4n) is 1.76. The van der Waals surface area contributed by atoms with Crippen LogP contribution < -0.4 is 5.32 Å². The summed E-state index contributed by atoms with van der Waals surface area (Å²) in [6, 6.07) is 1.66. The average molecular weight is 207 g/mol. The van der Waals surface area contributed by atoms with E-state index in [9.17, 15) is 4.79 Å². The van der Waals surface area contributed by atoms with Crippen molar-refractivity contribution in [1.82, 2.24) is 10.2 Å². The summed E-state index contributed by atoms with van der Waals surface area (Å²) in [5, 5.41) is 11.7. The number of piperazine rings is 1. The molecular weight excluding hydrogens is 190 g/mol. The molecule has 0 aromatic rings. The molecule has 15 heavy (non-hydrogen) atoms. The molecule has 0 spiro atoms. The van der Waals surface area contributed by atoms with Crippen LogP contribution in [0.25, 0.3) is 0 Å². The van der Waals surface area contributed by atoms with E-state index < -0.39 is 0 Å². The molecule has 1 unspecified atom stereocenters. The van der Waals surface area contributed by atoms with Crippen LogP contribution in [0.5, 0.6) is 0 Å². The Morgan fingerprint density at radius 2 is 2.47 bits per heavy atom. The van der Waals surface area contributed by atoms with Crippen LogP contribution in [0.3, 0.4) is 0 Å². The number of nitrogens with one attached hydrogen (secondary N) is 1. The van der Waals surface area contributed by atoms with Crippen molar-refractivity contribution in [2.75, 3.05) is 13.1 Å². The Labute approximate surface area is 90.6 Å². The van der Waals surface area contributed by atoms with Gasteiger partial charge < -0.3 is 10.2 Å². The molecule has 4 heteroatoms. The maximum absolute atomic E-state index is 12.0. The SMILES string of the molecule is C=CCN1C(=O)C(CC#N)NCC1(C)C. The molecule has 1 N–H and O–H groups in total. The largest absolute Gasteiger partial charge is 0.331 e. The van der Waals surface area contributed by atoms with E-state index in [1.807, 2.05) is 19.9 Å². The molecule has 1 atom stereocenters. The zero-order valence-electron chi connectivity index (χ0n) is 9.29. The number of nitriles is 1. The van der Waals surface area contributed by atoms with Crippen molar-refractivity contribution in [2.45, 2.75) is 31.8 Å². The summed E-state index contributed by atoms with van der Waals surface area (Å²) >= 11 is 0. The van der Waals surface area contributed by atoms with E-state index in [1.165, 1.54) is 0 Å². The van der Waals surface area contributed by atoms with Gasteiger partial charge in [-0.1, -0.05) is 6.08 Å². The number of rotatable bonds is 3. The molecule has 1 aliphatic rings. The van der Waals surface area contributed by atoms with Gasteiger partial charge >= 0.3 is 0 Å². The van der Waals surface area contributed by atoms with Gasteiger partial charge in [-0.05, 0) is 13.8 Å². The number of amides is 1. The van der Waals surface area contributed by atoms with E-state index in [4.69, 9.17) is 5.26 Å². The Bertz CT molecular complexity index is 303. The van der Waals surface area contributed by atoms with Crippen molar-refractivity contribution in [3.8, 4) is 6.07 Å². The minimum absolute atomic E-state index is 0.00676. The maximum Gasteiger partial charge on any atom is 0.241 e. The summed E-state index contributed by atoms with van der Waals surface area (Å²) in [5.74, 6) is -0.00676. The van der Waals surface area contributed by atoms with Crippen LogP contribution in [0.1, 0.15) is 20.3 Å². The van der Waals surface area contributed by atoms with E-state index in [-0.39, 0.29) is 23.9 Å². The van der Waals surface area contributed by atoms with Gasteiger partial charge in [-0.2, -0.15) is 5.26 Å². The zero-order valence-corrected chi connectivity index (χ0v) is 9.29. The highest BCUT2D eigenvalue weighted by Gasteiger charge is 2.38. The Balaban J connectivity index is 2.82. The van der Waals surface area contributed by atoms with Crippen molar-refractivity contribution in [3.05, 3.63) is 12.7 Å². The summed E-state index contributed by atoms with van der Waals surface area (Å²) in [6.45, 7) is 8.90. The first kappa shape index (κ1) is 11.7. The first-order valence-corrected chi connectivity index (χ1v) is 5.05. The minimum atomic E-state index is -0.358. The smallest absolute Gasteiger partial charge is 0.241 e. The second kappa shape index (κ2) is 4.45. The van der Waals surface area contributed by atoms with Gasteiger partial charge in [-0.15, -0.1) is 6.58 Å². The highest BCUT2D eigenvalue weighted by atomic mass is 16.2. The second-order valence-corrected chi connectivity index (χ2v) is 4.35. The second-order valence-electron chi connectivity index (χ2n) is 4.35. The lowest BCUT2D eigenvalue weighted by Gasteiger charge is -2.44. The van der Waals surface area contributed by atoms with E-state index >= 15 is 0 Å². The molecular formula is C11H17N3O. The molecule has 1 aliphatic heterocycles. The van der Waals surface area contributed by atoms with Gasteiger partial charge in [0.25, 0.3) is 0 Å². The summed E-state index contributed by atoms with van der Waals surface area (Å²) < 4.78 is 0. The Kier molecular flexibility index (Phi) is 3.48. The van der Waals surface area contributed by atoms with Gasteiger partial charge in [0.15, 0.2) is 0 Å². The van der Waals surface area contributed by atoms with E-state index in [0.29, 0.717) is 13.1 Å². The van der Waals surface area contributed by atoms with Crippen molar-refractivity contribution in [2.24, 2.45) is 0 Å². The molecule has 1 saturated heterocycles. The molecule has 0 aliphatic carbocycles. The predicted molar refractivity (Wildman–Crippen MR) is 58.0 cm³/mol. The molecule has 1 heterocycles. The lowest BCUT2D eigenvalue weighted by Crippen LogP contribution is -2.64. The number of carbonyl (C=O) groups excluding carboxylic acids is 1. The number of carbonyl (C=O) groups is 1. The van der Waals surface area contributed by atoms with Gasteiger partial charge in [-0.25, -0.2) is 0 Å². The van der Waals surface area contributed by atoms with Crippen molar-refractivity contribution < 1.29 is 4.79 Å². The molecule has 0 bridgehead atoms. The van der Waals surface area contributed by atoms with Crippen LogP contribution in [0.2, 0.25) is 0 Å². The molecule has 0 saturated carbocycles. The lowest BCUT2D eigenvalue weighted by molar-refractivity contribution is -0.141. The Hall–Kier alpha value is -1.34. The molecule has 0 radical (unpaired) electrons. The first-order valence-electron chi connectivity index (χ1n) is 5.05. The number of hydrogen-bond donors (Lipinski definition) is 1. The molecule has 82 valence electrons. The third-order valence-electron chi connectivity index (χ3n) is 2.68. The van der Waals surface area contributed by atoms with E-state index in [2.05, 4.69) is 11.9 Å². The quantitative estimate of drug-likeness (QED) is 0.692. The van der Waals surface area contributed by atoms with Crippen LogP contribution in [0.4, 0.5) is 0 Å². The predicted octanol–water partition coefficient (Wildman–Crippen LogP) is 0.665. The monoisotopic (exact) mass is 207 g/mol. The standard InChI is InChI=1S/C11H17N3O/c1-4-7-14-10(15)9(5-6-12)13-8-11(14,2)3/h4,9,13H,1,5,7-8H2,2-3H3. The number of hydrogen-bond acceptors (Lipinski definition) is 3. The van der Waals surface area contributed by atoms with E-state index in [0.717, 1.165) is 0 Å². The molecule has 0 aromatic carbocycles. The lowest BCUT2D eigenvalue weighted by atomic mass is 9.96. The normalized spacial score (nSPS) is 24.7. The summed E-state index contributed by atoms with van der Waals surface area (Å²) in [5.41, 5.74) is -0.211. The van der Waals surface area contributed by atoms with Crippen molar-refractivity contribution >= 4 is 5.91 Å². The van der Waals surface area contributed by atoms with Crippen LogP contribution in [-0.2, 0) is 4.79 Å². The summed E-state index contributed by atoms with van der Waals surface area (Å²) in [7, 11) is 0. The van der Waals surface area contributed by atoms with Gasteiger partial charge in [0, 0.05) is 13.1 Å². The Morgan fingerprint density at radius 3 is 3.00 bits per heavy atom. The molecule has 1 fully saturated rings. The van der Waals surface area contributed by atoms with Crippen molar-refractivity contribution in [1.29, 1.82) is 5.26 Å². The van der Waals surface area contributed by atoms with Gasteiger partial charge in [0.05, 0.1) is 18.0 Å². The molecule has 1 amide bonds. The van der Waals surface area contributed by atoms with Gasteiger partial charge in [0.1, 0.15) is 6.04 Å². The zero-order chi connectivity index (χ0) is 11.5. The van der Waals surface area contributed by atoms with Crippen LogP contribution in [0.15, 0.2) is 12.7 Å². The minimum Gasteiger partial charge on any atom is -0.331 e. The fraction of sp³-hybridized carbons (Fsp3) is 0.636. The third-order valence-corrected chi connectivity index (χ3v) is 2.68. The summed E-state index contributed by atoms with van der Waals surface area (Å²) in [6.07, 6.45) is 1.94. The average Bonchev–Trinajstić information content (AvgIpc) is 2.17. The van der Waals surface area contributed by atoms with Crippen LogP contribution in [0, 0.1) is 11.3 Å². The van der Waals surface area contributed by atoms with Crippen LogP contribution in [-0.4, -0.2) is 35.5 Å². The molecule has 0 aromatic heterocycles. The number of nitrogens with zero attached hydrogens (tertiary/aromatic N) is 2. The van der Waals surface area contributed by atoms with Gasteiger partial charge in [0.2, 0.25) is 5.91 Å². The van der Waals surface area contributed by atoms with Crippen molar-refractivity contribution in [3.63, 3.8) is 0 Å². The Morgan fingerprint density at radius 1 is 1.80 bits per heavy atom.